The molecule has 4 heteroatoms. The summed E-state index contributed by atoms with van der Waals surface area (Å²) in [7, 11) is 0. The molecule has 3 atom stereocenters. The second-order valence-corrected chi connectivity index (χ2v) is 6.75. The van der Waals surface area contributed by atoms with E-state index in [0.717, 1.165) is 41.5 Å². The summed E-state index contributed by atoms with van der Waals surface area (Å²) in [4.78, 5) is 14.5. The first-order valence-electron chi connectivity index (χ1n) is 7.68. The van der Waals surface area contributed by atoms with Gasteiger partial charge < -0.3 is 15.8 Å². The maximum absolute atomic E-state index is 11.0. The fourth-order valence-corrected chi connectivity index (χ4v) is 4.70. The summed E-state index contributed by atoms with van der Waals surface area (Å²) in [6, 6.07) is 8.13. The molecule has 4 rings (SSSR count). The number of aromatic nitrogens is 1. The van der Waals surface area contributed by atoms with Crippen LogP contribution in [0.5, 0.6) is 0 Å². The number of anilines is 1. The van der Waals surface area contributed by atoms with Crippen molar-refractivity contribution in [1.82, 2.24) is 4.98 Å². The number of carboxylic acid groups (broad SMARTS) is 1. The van der Waals surface area contributed by atoms with E-state index in [9.17, 15) is 4.79 Å². The number of H-pyrrole nitrogens is 1. The van der Waals surface area contributed by atoms with Crippen LogP contribution in [0.4, 0.5) is 5.69 Å². The number of fused-ring (bicyclic) bond motifs is 2. The Hall–Kier alpha value is -1.97. The van der Waals surface area contributed by atoms with Crippen molar-refractivity contribution in [3.05, 3.63) is 30.0 Å². The van der Waals surface area contributed by atoms with Crippen molar-refractivity contribution >= 4 is 22.6 Å². The number of para-hydroxylation sites is 1. The Balaban J connectivity index is 1.74. The predicted octanol–water partition coefficient (Wildman–Crippen LogP) is 3.28. The highest BCUT2D eigenvalue weighted by molar-refractivity contribution is 5.93. The van der Waals surface area contributed by atoms with Crippen LogP contribution in [0.15, 0.2) is 24.3 Å². The van der Waals surface area contributed by atoms with E-state index in [2.05, 4.69) is 17.1 Å². The summed E-state index contributed by atoms with van der Waals surface area (Å²) in [6.07, 6.45) is 4.61. The highest BCUT2D eigenvalue weighted by Crippen LogP contribution is 2.62. The van der Waals surface area contributed by atoms with Gasteiger partial charge in [0.25, 0.3) is 0 Å². The zero-order chi connectivity index (χ0) is 14.6. The lowest BCUT2D eigenvalue weighted by atomic mass is 9.60. The fraction of sp³-hybridized carbons (Fsp3) is 0.471. The Morgan fingerprint density at radius 2 is 2.24 bits per heavy atom. The number of carbonyl (C=O) groups is 1. The molecular weight excluding hydrogens is 264 g/mol. The van der Waals surface area contributed by atoms with Crippen LogP contribution >= 0.6 is 0 Å². The Morgan fingerprint density at radius 3 is 2.90 bits per heavy atom. The van der Waals surface area contributed by atoms with E-state index in [1.165, 1.54) is 6.42 Å². The van der Waals surface area contributed by atoms with Gasteiger partial charge in [0, 0.05) is 28.4 Å². The van der Waals surface area contributed by atoms with Crippen LogP contribution < -0.4 is 5.73 Å². The maximum atomic E-state index is 11.0. The summed E-state index contributed by atoms with van der Waals surface area (Å²) in [5.74, 6) is 0.207. The molecule has 0 bridgehead atoms. The minimum absolute atomic E-state index is 0.100. The molecule has 0 amide bonds. The molecule has 2 aliphatic carbocycles. The molecule has 110 valence electrons. The van der Waals surface area contributed by atoms with Crippen LogP contribution in [0.3, 0.4) is 0 Å². The first kappa shape index (κ1) is 12.7. The maximum Gasteiger partial charge on any atom is 0.303 e. The van der Waals surface area contributed by atoms with Crippen LogP contribution in [0, 0.1) is 11.8 Å². The normalized spacial score (nSPS) is 31.0. The minimum atomic E-state index is -0.680. The second-order valence-electron chi connectivity index (χ2n) is 6.75. The Bertz CT molecular complexity index is 721. The molecule has 0 saturated heterocycles. The summed E-state index contributed by atoms with van der Waals surface area (Å²) in [5, 5.41) is 10.1. The van der Waals surface area contributed by atoms with E-state index >= 15 is 0 Å². The quantitative estimate of drug-likeness (QED) is 0.809. The average Bonchev–Trinajstić information content (AvgIpc) is 2.88. The molecule has 2 aliphatic rings. The van der Waals surface area contributed by atoms with Gasteiger partial charge in [-0.05, 0) is 43.6 Å². The van der Waals surface area contributed by atoms with Gasteiger partial charge in [-0.2, -0.15) is 0 Å². The van der Waals surface area contributed by atoms with Crippen LogP contribution in [0.25, 0.3) is 10.9 Å². The van der Waals surface area contributed by atoms with Crippen LogP contribution in [0.1, 0.15) is 37.8 Å². The standard InChI is InChI=1S/C17H20N2O2/c18-15-12-3-1-2-4-13(12)19-16(15)17-6-5-11(17)7-10(9-17)8-14(20)21/h1-4,10-11,19H,5-9,18H2,(H,20,21). The van der Waals surface area contributed by atoms with E-state index in [4.69, 9.17) is 10.8 Å². The number of carboxylic acids is 1. The van der Waals surface area contributed by atoms with Crippen molar-refractivity contribution in [3.8, 4) is 0 Å². The smallest absolute Gasteiger partial charge is 0.303 e. The van der Waals surface area contributed by atoms with Crippen LogP contribution in [0.2, 0.25) is 0 Å². The van der Waals surface area contributed by atoms with E-state index < -0.39 is 5.97 Å². The second kappa shape index (κ2) is 4.26. The molecular formula is C17H20N2O2. The molecule has 0 spiro atoms. The number of nitrogens with two attached hydrogens (primary N) is 1. The number of aliphatic carboxylic acids is 1. The largest absolute Gasteiger partial charge is 0.481 e. The van der Waals surface area contributed by atoms with Crippen molar-refractivity contribution in [3.63, 3.8) is 0 Å². The van der Waals surface area contributed by atoms with Gasteiger partial charge in [-0.15, -0.1) is 0 Å². The molecule has 2 aromatic rings. The molecule has 3 unspecified atom stereocenters. The Labute approximate surface area is 123 Å². The highest BCUT2D eigenvalue weighted by atomic mass is 16.4. The SMILES string of the molecule is Nc1c(C23CCC2CC(CC(=O)O)C3)[nH]c2ccccc12. The monoisotopic (exact) mass is 284 g/mol. The number of benzene rings is 1. The van der Waals surface area contributed by atoms with Gasteiger partial charge >= 0.3 is 5.97 Å². The molecule has 1 aromatic carbocycles. The average molecular weight is 284 g/mol. The fourth-order valence-electron chi connectivity index (χ4n) is 4.70. The van der Waals surface area contributed by atoms with Gasteiger partial charge in [-0.25, -0.2) is 0 Å². The molecule has 2 saturated carbocycles. The minimum Gasteiger partial charge on any atom is -0.481 e. The van der Waals surface area contributed by atoms with E-state index in [0.29, 0.717) is 18.3 Å². The zero-order valence-corrected chi connectivity index (χ0v) is 11.9. The van der Waals surface area contributed by atoms with Gasteiger partial charge in [0.1, 0.15) is 0 Å². The number of nitrogen functional groups attached to an aromatic ring is 1. The predicted molar refractivity (Wildman–Crippen MR) is 82.1 cm³/mol. The van der Waals surface area contributed by atoms with Crippen molar-refractivity contribution in [1.29, 1.82) is 0 Å². The lowest BCUT2D eigenvalue weighted by Crippen LogP contribution is -2.40. The molecule has 21 heavy (non-hydrogen) atoms. The van der Waals surface area contributed by atoms with E-state index in [1.54, 1.807) is 0 Å². The molecule has 0 aliphatic heterocycles. The Kier molecular flexibility index (Phi) is 2.59. The van der Waals surface area contributed by atoms with Crippen molar-refractivity contribution in [2.45, 2.75) is 37.5 Å². The zero-order valence-electron chi connectivity index (χ0n) is 11.9. The van der Waals surface area contributed by atoms with Gasteiger partial charge in [0.05, 0.1) is 5.69 Å². The Morgan fingerprint density at radius 1 is 1.43 bits per heavy atom. The summed E-state index contributed by atoms with van der Waals surface area (Å²) in [6.45, 7) is 0. The number of nitrogens with one attached hydrogen (secondary N) is 1. The third kappa shape index (κ3) is 1.71. The molecule has 2 fully saturated rings. The van der Waals surface area contributed by atoms with E-state index in [1.807, 2.05) is 12.1 Å². The number of rotatable bonds is 3. The highest BCUT2D eigenvalue weighted by Gasteiger charge is 2.56. The van der Waals surface area contributed by atoms with Crippen LogP contribution in [-0.2, 0) is 10.2 Å². The van der Waals surface area contributed by atoms with Gasteiger partial charge in [0.15, 0.2) is 0 Å². The van der Waals surface area contributed by atoms with Crippen molar-refractivity contribution in [2.24, 2.45) is 11.8 Å². The summed E-state index contributed by atoms with van der Waals surface area (Å²) in [5.41, 5.74) is 9.62. The van der Waals surface area contributed by atoms with Gasteiger partial charge in [-0.1, -0.05) is 18.2 Å². The molecule has 1 heterocycles. The third-order valence-corrected chi connectivity index (χ3v) is 5.70. The lowest BCUT2D eigenvalue weighted by molar-refractivity contribution is -0.138. The van der Waals surface area contributed by atoms with Crippen molar-refractivity contribution in [2.75, 3.05) is 5.73 Å². The third-order valence-electron chi connectivity index (χ3n) is 5.70. The van der Waals surface area contributed by atoms with Crippen molar-refractivity contribution < 1.29 is 9.90 Å². The summed E-state index contributed by atoms with van der Waals surface area (Å²) < 4.78 is 0. The number of aromatic amines is 1. The molecule has 0 radical (unpaired) electrons. The number of hydrogen-bond donors (Lipinski definition) is 3. The van der Waals surface area contributed by atoms with E-state index in [-0.39, 0.29) is 5.41 Å². The first-order valence-corrected chi connectivity index (χ1v) is 7.68. The molecule has 4 nitrogen and oxygen atoms in total. The first-order chi connectivity index (χ1) is 10.1. The topological polar surface area (TPSA) is 79.1 Å². The van der Waals surface area contributed by atoms with Gasteiger partial charge in [0.2, 0.25) is 0 Å². The number of hydrogen-bond acceptors (Lipinski definition) is 2. The molecule has 4 N–H and O–H groups in total. The summed E-state index contributed by atoms with van der Waals surface area (Å²) >= 11 is 0. The molecule has 1 aromatic heterocycles. The van der Waals surface area contributed by atoms with Crippen LogP contribution in [-0.4, -0.2) is 16.1 Å². The lowest BCUT2D eigenvalue weighted by Gasteiger charge is -2.45. The van der Waals surface area contributed by atoms with Gasteiger partial charge in [-0.3, -0.25) is 4.79 Å².